The highest BCUT2D eigenvalue weighted by Gasteiger charge is 2.19. The van der Waals surface area contributed by atoms with E-state index in [0.29, 0.717) is 12.6 Å². The van der Waals surface area contributed by atoms with Crippen LogP contribution in [0.2, 0.25) is 0 Å². The number of nitrogens with one attached hydrogen (secondary N) is 1. The van der Waals surface area contributed by atoms with Crippen molar-refractivity contribution in [2.24, 2.45) is 0 Å². The molecule has 1 aromatic heterocycles. The minimum Gasteiger partial charge on any atom is -0.347 e. The zero-order chi connectivity index (χ0) is 11.4. The number of nitrogens with zero attached hydrogens (tertiary/aromatic N) is 2. The lowest BCUT2D eigenvalue weighted by Gasteiger charge is -2.14. The average Bonchev–Trinajstić information content (AvgIpc) is 2.95. The summed E-state index contributed by atoms with van der Waals surface area (Å²) >= 11 is 0. The average molecular weight is 219 g/mol. The SMILES string of the molecule is C=CC(=O)NCc1ccnn1C1CCCC1. The quantitative estimate of drug-likeness (QED) is 0.785. The van der Waals surface area contributed by atoms with Crippen molar-refractivity contribution in [2.45, 2.75) is 38.3 Å². The van der Waals surface area contributed by atoms with Gasteiger partial charge in [0.05, 0.1) is 18.3 Å². The lowest BCUT2D eigenvalue weighted by Crippen LogP contribution is -2.23. The summed E-state index contributed by atoms with van der Waals surface area (Å²) in [5, 5.41) is 7.12. The monoisotopic (exact) mass is 219 g/mol. The van der Waals surface area contributed by atoms with Crippen molar-refractivity contribution >= 4 is 5.91 Å². The highest BCUT2D eigenvalue weighted by molar-refractivity contribution is 5.86. The molecule has 0 aromatic carbocycles. The molecule has 86 valence electrons. The number of amides is 1. The van der Waals surface area contributed by atoms with Gasteiger partial charge in [-0.2, -0.15) is 5.10 Å². The van der Waals surface area contributed by atoms with Crippen LogP contribution in [0, 0.1) is 0 Å². The van der Waals surface area contributed by atoms with Crippen molar-refractivity contribution in [3.63, 3.8) is 0 Å². The smallest absolute Gasteiger partial charge is 0.243 e. The normalized spacial score (nSPS) is 16.2. The fraction of sp³-hybridized carbons (Fsp3) is 0.500. The van der Waals surface area contributed by atoms with Gasteiger partial charge in [-0.3, -0.25) is 9.48 Å². The predicted octanol–water partition coefficient (Wildman–Crippen LogP) is 1.80. The van der Waals surface area contributed by atoms with Crippen LogP contribution >= 0.6 is 0 Å². The van der Waals surface area contributed by atoms with Crippen molar-refractivity contribution in [1.82, 2.24) is 15.1 Å². The van der Waals surface area contributed by atoms with E-state index in [-0.39, 0.29) is 5.91 Å². The second-order valence-electron chi connectivity index (χ2n) is 4.13. The molecule has 0 saturated heterocycles. The molecule has 0 radical (unpaired) electrons. The molecule has 1 aliphatic carbocycles. The number of hydrogen-bond donors (Lipinski definition) is 1. The van der Waals surface area contributed by atoms with Gasteiger partial charge in [0.25, 0.3) is 0 Å². The number of rotatable bonds is 4. The summed E-state index contributed by atoms with van der Waals surface area (Å²) < 4.78 is 2.05. The Kier molecular flexibility index (Phi) is 3.39. The van der Waals surface area contributed by atoms with Crippen LogP contribution < -0.4 is 5.32 Å². The maximum Gasteiger partial charge on any atom is 0.243 e. The molecule has 0 spiro atoms. The maximum atomic E-state index is 11.1. The van der Waals surface area contributed by atoms with Gasteiger partial charge in [0.1, 0.15) is 0 Å². The Balaban J connectivity index is 2.01. The lowest BCUT2D eigenvalue weighted by atomic mass is 10.2. The zero-order valence-corrected chi connectivity index (χ0v) is 9.35. The van der Waals surface area contributed by atoms with Crippen LogP contribution in [-0.4, -0.2) is 15.7 Å². The highest BCUT2D eigenvalue weighted by Crippen LogP contribution is 2.29. The molecule has 4 nitrogen and oxygen atoms in total. The molecule has 0 atom stereocenters. The van der Waals surface area contributed by atoms with E-state index < -0.39 is 0 Å². The van der Waals surface area contributed by atoms with Gasteiger partial charge >= 0.3 is 0 Å². The van der Waals surface area contributed by atoms with Crippen LogP contribution in [0.15, 0.2) is 24.9 Å². The van der Waals surface area contributed by atoms with E-state index in [4.69, 9.17) is 0 Å². The summed E-state index contributed by atoms with van der Waals surface area (Å²) in [5.41, 5.74) is 1.07. The molecular formula is C12H17N3O. The summed E-state index contributed by atoms with van der Waals surface area (Å²) in [7, 11) is 0. The van der Waals surface area contributed by atoms with E-state index >= 15 is 0 Å². The van der Waals surface area contributed by atoms with Gasteiger partial charge in [0.15, 0.2) is 0 Å². The third kappa shape index (κ3) is 2.32. The number of aromatic nitrogens is 2. The Hall–Kier alpha value is -1.58. The molecule has 0 bridgehead atoms. The standard InChI is InChI=1S/C12H17N3O/c1-2-12(16)13-9-11-7-8-14-15(11)10-5-3-4-6-10/h2,7-8,10H,1,3-6,9H2,(H,13,16). The fourth-order valence-electron chi connectivity index (χ4n) is 2.21. The first-order valence-corrected chi connectivity index (χ1v) is 5.74. The second kappa shape index (κ2) is 4.96. The first kappa shape index (κ1) is 10.9. The van der Waals surface area contributed by atoms with Gasteiger partial charge in [-0.15, -0.1) is 0 Å². The number of carbonyl (C=O) groups excluding carboxylic acids is 1. The third-order valence-corrected chi connectivity index (χ3v) is 3.05. The summed E-state index contributed by atoms with van der Waals surface area (Å²) in [6, 6.07) is 2.48. The molecule has 0 unspecified atom stereocenters. The van der Waals surface area contributed by atoms with Crippen molar-refractivity contribution in [3.05, 3.63) is 30.6 Å². The fourth-order valence-corrected chi connectivity index (χ4v) is 2.21. The van der Waals surface area contributed by atoms with Gasteiger partial charge in [0, 0.05) is 6.20 Å². The molecule has 2 rings (SSSR count). The van der Waals surface area contributed by atoms with Crippen molar-refractivity contribution < 1.29 is 4.79 Å². The molecule has 1 saturated carbocycles. The molecule has 16 heavy (non-hydrogen) atoms. The molecule has 1 heterocycles. The van der Waals surface area contributed by atoms with Crippen LogP contribution in [-0.2, 0) is 11.3 Å². The molecule has 0 aliphatic heterocycles. The van der Waals surface area contributed by atoms with E-state index in [9.17, 15) is 4.79 Å². The van der Waals surface area contributed by atoms with Gasteiger partial charge in [-0.1, -0.05) is 19.4 Å². The van der Waals surface area contributed by atoms with Crippen LogP contribution in [0.5, 0.6) is 0 Å². The molecule has 4 heteroatoms. The molecule has 1 N–H and O–H groups in total. The Labute approximate surface area is 95.3 Å². The molecule has 1 aromatic rings. The predicted molar refractivity (Wildman–Crippen MR) is 61.8 cm³/mol. The van der Waals surface area contributed by atoms with Gasteiger partial charge in [0.2, 0.25) is 5.91 Å². The Morgan fingerprint density at radius 1 is 1.62 bits per heavy atom. The largest absolute Gasteiger partial charge is 0.347 e. The summed E-state index contributed by atoms with van der Waals surface area (Å²) in [6.45, 7) is 3.96. The number of carbonyl (C=O) groups is 1. The minimum atomic E-state index is -0.140. The van der Waals surface area contributed by atoms with Gasteiger partial charge < -0.3 is 5.32 Å². The van der Waals surface area contributed by atoms with Gasteiger partial charge in [-0.25, -0.2) is 0 Å². The highest BCUT2D eigenvalue weighted by atomic mass is 16.1. The molecule has 1 fully saturated rings. The molecular weight excluding hydrogens is 202 g/mol. The van der Waals surface area contributed by atoms with Gasteiger partial charge in [-0.05, 0) is 25.0 Å². The summed E-state index contributed by atoms with van der Waals surface area (Å²) in [5.74, 6) is -0.140. The number of hydrogen-bond acceptors (Lipinski definition) is 2. The van der Waals surface area contributed by atoms with E-state index in [0.717, 1.165) is 5.69 Å². The van der Waals surface area contributed by atoms with Crippen LogP contribution in [0.3, 0.4) is 0 Å². The topological polar surface area (TPSA) is 46.9 Å². The maximum absolute atomic E-state index is 11.1. The van der Waals surface area contributed by atoms with Crippen molar-refractivity contribution in [2.75, 3.05) is 0 Å². The summed E-state index contributed by atoms with van der Waals surface area (Å²) in [4.78, 5) is 11.1. The zero-order valence-electron chi connectivity index (χ0n) is 9.35. The first-order valence-electron chi connectivity index (χ1n) is 5.74. The van der Waals surface area contributed by atoms with Crippen molar-refractivity contribution in [1.29, 1.82) is 0 Å². The molecule has 1 amide bonds. The second-order valence-corrected chi connectivity index (χ2v) is 4.13. The van der Waals surface area contributed by atoms with Crippen LogP contribution in [0.1, 0.15) is 37.4 Å². The van der Waals surface area contributed by atoms with E-state index in [1.807, 2.05) is 6.07 Å². The lowest BCUT2D eigenvalue weighted by molar-refractivity contribution is -0.116. The van der Waals surface area contributed by atoms with E-state index in [1.54, 1.807) is 6.20 Å². The Bertz CT molecular complexity index is 377. The van der Waals surface area contributed by atoms with Crippen LogP contribution in [0.4, 0.5) is 0 Å². The van der Waals surface area contributed by atoms with Crippen LogP contribution in [0.25, 0.3) is 0 Å². The summed E-state index contributed by atoms with van der Waals surface area (Å²) in [6.07, 6.45) is 8.05. The van der Waals surface area contributed by atoms with E-state index in [1.165, 1.54) is 31.8 Å². The first-order chi connectivity index (χ1) is 7.81. The Morgan fingerprint density at radius 3 is 3.06 bits per heavy atom. The third-order valence-electron chi connectivity index (χ3n) is 3.05. The van der Waals surface area contributed by atoms with E-state index in [2.05, 4.69) is 21.7 Å². The molecule has 1 aliphatic rings. The van der Waals surface area contributed by atoms with Crippen molar-refractivity contribution in [3.8, 4) is 0 Å². The Morgan fingerprint density at radius 2 is 2.38 bits per heavy atom. The minimum absolute atomic E-state index is 0.140.